The summed E-state index contributed by atoms with van der Waals surface area (Å²) in [7, 11) is -2.15. The molecule has 0 amide bonds. The monoisotopic (exact) mass is 416 g/mol. The Morgan fingerprint density at radius 3 is 2.54 bits per heavy atom. The molecule has 0 bridgehead atoms. The van der Waals surface area contributed by atoms with Crippen LogP contribution < -0.4 is 10.4 Å². The fourth-order valence-corrected chi connectivity index (χ4v) is 4.83. The van der Waals surface area contributed by atoms with Crippen LogP contribution in [0.3, 0.4) is 0 Å². The summed E-state index contributed by atoms with van der Waals surface area (Å²) in [4.78, 5) is 12.3. The molecule has 0 fully saturated rings. The molecule has 0 radical (unpaired) electrons. The Morgan fingerprint density at radius 1 is 1.23 bits per heavy atom. The van der Waals surface area contributed by atoms with E-state index in [0.717, 1.165) is 16.0 Å². The second-order valence-corrected chi connectivity index (χ2v) is 9.06. The first-order valence-electron chi connectivity index (χ1n) is 7.43. The largest absolute Gasteiger partial charge is 0.345 e. The molecule has 1 N–H and O–H groups in total. The van der Waals surface area contributed by atoms with Crippen molar-refractivity contribution in [3.8, 4) is 11.4 Å². The third kappa shape index (κ3) is 3.88. The van der Waals surface area contributed by atoms with Gasteiger partial charge in [-0.3, -0.25) is 4.57 Å². The number of halogens is 2. The van der Waals surface area contributed by atoms with Gasteiger partial charge in [0, 0.05) is 19.2 Å². The molecule has 0 aliphatic heterocycles. The first-order chi connectivity index (χ1) is 12.3. The van der Waals surface area contributed by atoms with Gasteiger partial charge in [-0.2, -0.15) is 0 Å². The predicted molar refractivity (Wildman–Crippen MR) is 97.4 cm³/mol. The van der Waals surface area contributed by atoms with Crippen LogP contribution in [0.1, 0.15) is 0 Å². The summed E-state index contributed by atoms with van der Waals surface area (Å²) in [5.41, 5.74) is 0.182. The van der Waals surface area contributed by atoms with Crippen molar-refractivity contribution in [2.45, 2.75) is 10.8 Å². The molecule has 0 aliphatic carbocycles. The molecular weight excluding hydrogens is 403 g/mol. The summed E-state index contributed by atoms with van der Waals surface area (Å²) in [5.74, 6) is -0.0239. The zero-order valence-corrected chi connectivity index (χ0v) is 15.9. The van der Waals surface area contributed by atoms with Crippen molar-refractivity contribution in [3.05, 3.63) is 57.0 Å². The van der Waals surface area contributed by atoms with Gasteiger partial charge in [-0.05, 0) is 36.4 Å². The summed E-state index contributed by atoms with van der Waals surface area (Å²) >= 11 is 6.70. The number of nitrogens with zero attached hydrogens (tertiary/aromatic N) is 3. The van der Waals surface area contributed by atoms with Crippen molar-refractivity contribution in [3.63, 3.8) is 0 Å². The molecule has 0 spiro atoms. The second kappa shape index (κ2) is 7.31. The van der Waals surface area contributed by atoms with Gasteiger partial charge in [-0.25, -0.2) is 27.0 Å². The van der Waals surface area contributed by atoms with Crippen molar-refractivity contribution < 1.29 is 12.8 Å². The normalized spacial score (nSPS) is 11.8. The van der Waals surface area contributed by atoms with Crippen LogP contribution in [0.2, 0.25) is 4.34 Å². The molecule has 0 atom stereocenters. The SMILES string of the molecule is Cn1c(-c2ccc(F)cc2)nn(CCNS(=O)(=O)c2ccc(Cl)s2)c1=O. The van der Waals surface area contributed by atoms with Gasteiger partial charge in [-0.1, -0.05) is 11.6 Å². The lowest BCUT2D eigenvalue weighted by Gasteiger charge is -2.04. The first-order valence-corrected chi connectivity index (χ1v) is 10.1. The van der Waals surface area contributed by atoms with Crippen LogP contribution in [0.5, 0.6) is 0 Å². The van der Waals surface area contributed by atoms with Crippen LogP contribution >= 0.6 is 22.9 Å². The van der Waals surface area contributed by atoms with E-state index in [1.807, 2.05) is 0 Å². The highest BCUT2D eigenvalue weighted by Crippen LogP contribution is 2.25. The van der Waals surface area contributed by atoms with Gasteiger partial charge in [0.15, 0.2) is 5.82 Å². The Bertz CT molecular complexity index is 1090. The van der Waals surface area contributed by atoms with Gasteiger partial charge < -0.3 is 0 Å². The molecule has 0 unspecified atom stereocenters. The quantitative estimate of drug-likeness (QED) is 0.666. The van der Waals surface area contributed by atoms with Gasteiger partial charge in [0.2, 0.25) is 10.0 Å². The number of hydrogen-bond donors (Lipinski definition) is 1. The maximum absolute atomic E-state index is 13.0. The lowest BCUT2D eigenvalue weighted by molar-refractivity contribution is 0.552. The van der Waals surface area contributed by atoms with E-state index in [1.165, 1.54) is 41.0 Å². The zero-order valence-electron chi connectivity index (χ0n) is 13.5. The average molecular weight is 417 g/mol. The molecule has 3 rings (SSSR count). The summed E-state index contributed by atoms with van der Waals surface area (Å²) in [6, 6.07) is 8.50. The number of benzene rings is 1. The molecule has 11 heteroatoms. The molecule has 3 aromatic rings. The third-order valence-electron chi connectivity index (χ3n) is 3.57. The summed E-state index contributed by atoms with van der Waals surface area (Å²) in [6.07, 6.45) is 0. The van der Waals surface area contributed by atoms with E-state index in [2.05, 4.69) is 9.82 Å². The number of thiophene rings is 1. The van der Waals surface area contributed by atoms with E-state index in [-0.39, 0.29) is 23.1 Å². The topological polar surface area (TPSA) is 86.0 Å². The van der Waals surface area contributed by atoms with E-state index in [0.29, 0.717) is 15.7 Å². The van der Waals surface area contributed by atoms with E-state index in [4.69, 9.17) is 11.6 Å². The van der Waals surface area contributed by atoms with Crippen LogP contribution in [0, 0.1) is 5.82 Å². The smallest absolute Gasteiger partial charge is 0.278 e. The lowest BCUT2D eigenvalue weighted by atomic mass is 10.2. The zero-order chi connectivity index (χ0) is 18.9. The maximum atomic E-state index is 13.0. The molecule has 2 aromatic heterocycles. The Labute approximate surface area is 157 Å². The van der Waals surface area contributed by atoms with Gasteiger partial charge in [0.25, 0.3) is 0 Å². The number of aromatic nitrogens is 3. The van der Waals surface area contributed by atoms with Crippen molar-refractivity contribution >= 4 is 33.0 Å². The predicted octanol–water partition coefficient (Wildman–Crippen LogP) is 2.08. The second-order valence-electron chi connectivity index (χ2n) is 5.35. The molecule has 0 saturated carbocycles. The van der Waals surface area contributed by atoms with Crippen LogP contribution in [-0.2, 0) is 23.6 Å². The Hall–Kier alpha value is -2.01. The molecular formula is C15H14ClFN4O3S2. The van der Waals surface area contributed by atoms with Crippen molar-refractivity contribution in [1.82, 2.24) is 19.1 Å². The molecule has 7 nitrogen and oxygen atoms in total. The van der Waals surface area contributed by atoms with Gasteiger partial charge >= 0.3 is 5.69 Å². The maximum Gasteiger partial charge on any atom is 0.345 e. The van der Waals surface area contributed by atoms with E-state index in [1.54, 1.807) is 7.05 Å². The van der Waals surface area contributed by atoms with Crippen molar-refractivity contribution in [2.75, 3.05) is 6.54 Å². The van der Waals surface area contributed by atoms with Crippen molar-refractivity contribution in [1.29, 1.82) is 0 Å². The van der Waals surface area contributed by atoms with E-state index < -0.39 is 15.7 Å². The van der Waals surface area contributed by atoms with E-state index in [9.17, 15) is 17.6 Å². The minimum atomic E-state index is -3.69. The number of rotatable bonds is 6. The summed E-state index contributed by atoms with van der Waals surface area (Å²) < 4.78 is 42.7. The molecule has 2 heterocycles. The van der Waals surface area contributed by atoms with E-state index >= 15 is 0 Å². The highest BCUT2D eigenvalue weighted by Gasteiger charge is 2.17. The molecule has 0 saturated heterocycles. The Balaban J connectivity index is 1.74. The summed E-state index contributed by atoms with van der Waals surface area (Å²) in [6.45, 7) is 0.0316. The molecule has 0 aliphatic rings. The van der Waals surface area contributed by atoms with Gasteiger partial charge in [0.1, 0.15) is 10.0 Å². The minimum Gasteiger partial charge on any atom is -0.278 e. The van der Waals surface area contributed by atoms with Gasteiger partial charge in [0.05, 0.1) is 10.9 Å². The lowest BCUT2D eigenvalue weighted by Crippen LogP contribution is -2.31. The third-order valence-corrected chi connectivity index (χ3v) is 6.76. The molecule has 138 valence electrons. The minimum absolute atomic E-state index is 0.0162. The Morgan fingerprint density at radius 2 is 1.92 bits per heavy atom. The summed E-state index contributed by atoms with van der Waals surface area (Å²) in [5, 5.41) is 4.20. The highest BCUT2D eigenvalue weighted by atomic mass is 35.5. The van der Waals surface area contributed by atoms with Crippen LogP contribution in [0.15, 0.2) is 45.4 Å². The average Bonchev–Trinajstić information content (AvgIpc) is 3.15. The fourth-order valence-electron chi connectivity index (χ4n) is 2.28. The van der Waals surface area contributed by atoms with Crippen LogP contribution in [0.25, 0.3) is 11.4 Å². The molecule has 26 heavy (non-hydrogen) atoms. The van der Waals surface area contributed by atoms with Gasteiger partial charge in [-0.15, -0.1) is 16.4 Å². The fraction of sp³-hybridized carbons (Fsp3) is 0.200. The number of nitrogens with one attached hydrogen (secondary N) is 1. The Kier molecular flexibility index (Phi) is 5.28. The van der Waals surface area contributed by atoms with Crippen LogP contribution in [0.4, 0.5) is 4.39 Å². The standard InChI is InChI=1S/C15H14ClFN4O3S2/c1-20-14(10-2-4-11(17)5-3-10)19-21(15(20)22)9-8-18-26(23,24)13-7-6-12(16)25-13/h2-7,18H,8-9H2,1H3. The highest BCUT2D eigenvalue weighted by molar-refractivity contribution is 7.91. The van der Waals surface area contributed by atoms with Crippen LogP contribution in [-0.4, -0.2) is 29.3 Å². The molecule has 1 aromatic carbocycles. The number of sulfonamides is 1. The van der Waals surface area contributed by atoms with Crippen molar-refractivity contribution in [2.24, 2.45) is 7.05 Å². The first kappa shape index (κ1) is 18.8. The number of hydrogen-bond acceptors (Lipinski definition) is 5.